The molecule has 0 unspecified atom stereocenters. The Labute approximate surface area is 180 Å². The second-order valence-corrected chi connectivity index (χ2v) is 12.8. The molecule has 0 fully saturated rings. The fourth-order valence-corrected chi connectivity index (χ4v) is 8.64. The van der Waals surface area contributed by atoms with E-state index in [1.54, 1.807) is 6.08 Å². The molecule has 2 N–H and O–H groups in total. The molecule has 0 saturated carbocycles. The van der Waals surface area contributed by atoms with Gasteiger partial charge in [-0.1, -0.05) is 87.5 Å². The summed E-state index contributed by atoms with van der Waals surface area (Å²) in [4.78, 5) is 12.5. The number of amides is 1. The number of hydrogen-bond donors (Lipinski definition) is 2. The van der Waals surface area contributed by atoms with Crippen LogP contribution in [0.25, 0.3) is 0 Å². The first-order valence-corrected chi connectivity index (χ1v) is 12.0. The Morgan fingerprint density at radius 3 is 1.90 bits per heavy atom. The molecule has 0 radical (unpaired) electrons. The van der Waals surface area contributed by atoms with E-state index in [-0.39, 0.29) is 18.2 Å². The Morgan fingerprint density at radius 1 is 1.10 bits per heavy atom. The molecule has 0 aromatic heterocycles. The van der Waals surface area contributed by atoms with Gasteiger partial charge in [0.15, 0.2) is 0 Å². The molecule has 162 valence electrons. The van der Waals surface area contributed by atoms with E-state index < -0.39 is 26.4 Å². The van der Waals surface area contributed by atoms with Crippen LogP contribution in [0.1, 0.15) is 20.8 Å². The third-order valence-electron chi connectivity index (χ3n) is 5.50. The molecule has 0 saturated heterocycles. The summed E-state index contributed by atoms with van der Waals surface area (Å²) in [6, 6.07) is 20.4. The van der Waals surface area contributed by atoms with Crippen molar-refractivity contribution in [1.29, 1.82) is 0 Å². The quantitative estimate of drug-likeness (QED) is 0.476. The van der Waals surface area contributed by atoms with Gasteiger partial charge >= 0.3 is 6.09 Å². The highest BCUT2D eigenvalue weighted by atomic mass is 28.4. The molecule has 0 aliphatic rings. The van der Waals surface area contributed by atoms with Gasteiger partial charge < -0.3 is 19.5 Å². The monoisotopic (exact) mass is 427 g/mol. The zero-order chi connectivity index (χ0) is 22.4. The van der Waals surface area contributed by atoms with E-state index in [0.29, 0.717) is 0 Å². The van der Waals surface area contributed by atoms with Crippen molar-refractivity contribution in [1.82, 2.24) is 4.90 Å². The topological polar surface area (TPSA) is 70.0 Å². The lowest BCUT2D eigenvalue weighted by atomic mass is 10.0. The third-order valence-corrected chi connectivity index (χ3v) is 10.5. The molecule has 2 aromatic rings. The van der Waals surface area contributed by atoms with Crippen molar-refractivity contribution in [2.75, 3.05) is 20.2 Å². The number of benzene rings is 2. The molecular weight excluding hydrogens is 394 g/mol. The first kappa shape index (κ1) is 23.9. The van der Waals surface area contributed by atoms with Gasteiger partial charge in [0.05, 0.1) is 12.7 Å². The fourth-order valence-electron chi connectivity index (χ4n) is 3.93. The van der Waals surface area contributed by atoms with Crippen molar-refractivity contribution in [2.24, 2.45) is 5.92 Å². The maximum Gasteiger partial charge on any atom is 0.407 e. The van der Waals surface area contributed by atoms with Gasteiger partial charge in [0.1, 0.15) is 0 Å². The van der Waals surface area contributed by atoms with Crippen molar-refractivity contribution in [3.05, 3.63) is 73.3 Å². The number of hydrogen-bond acceptors (Lipinski definition) is 3. The standard InChI is InChI=1S/C24H33NO4Si/c1-6-22(19(18-26)17-25(5)23(27)28)29-30(24(2,3)4,20-13-9-7-10-14-20)21-15-11-8-12-16-21/h6-16,19,22,26H,1,17-18H2,2-5H3,(H,27,28)/t19-,22-/m0/s1. The molecule has 30 heavy (non-hydrogen) atoms. The average molecular weight is 428 g/mol. The molecule has 1 amide bonds. The van der Waals surface area contributed by atoms with Crippen molar-refractivity contribution < 1.29 is 19.4 Å². The summed E-state index contributed by atoms with van der Waals surface area (Å²) in [5.41, 5.74) is 0. The summed E-state index contributed by atoms with van der Waals surface area (Å²) in [6.45, 7) is 10.4. The van der Waals surface area contributed by atoms with Gasteiger partial charge in [0.25, 0.3) is 8.32 Å². The van der Waals surface area contributed by atoms with Gasteiger partial charge in [-0.2, -0.15) is 0 Å². The summed E-state index contributed by atoms with van der Waals surface area (Å²) < 4.78 is 7.00. The predicted molar refractivity (Wildman–Crippen MR) is 124 cm³/mol. The van der Waals surface area contributed by atoms with Crippen molar-refractivity contribution in [3.63, 3.8) is 0 Å². The first-order valence-electron chi connectivity index (χ1n) is 10.1. The second-order valence-electron chi connectivity index (χ2n) is 8.59. The van der Waals surface area contributed by atoms with Crippen LogP contribution >= 0.6 is 0 Å². The van der Waals surface area contributed by atoms with E-state index in [1.807, 2.05) is 36.4 Å². The molecule has 0 bridgehead atoms. The summed E-state index contributed by atoms with van der Waals surface area (Å²) in [6.07, 6.45) is 0.139. The van der Waals surface area contributed by atoms with Gasteiger partial charge in [-0.15, -0.1) is 6.58 Å². The van der Waals surface area contributed by atoms with Crippen LogP contribution in [0.15, 0.2) is 73.3 Å². The summed E-state index contributed by atoms with van der Waals surface area (Å²) >= 11 is 0. The largest absolute Gasteiger partial charge is 0.465 e. The molecule has 2 rings (SSSR count). The number of aliphatic hydroxyl groups is 1. The predicted octanol–water partition coefficient (Wildman–Crippen LogP) is 3.34. The lowest BCUT2D eigenvalue weighted by Crippen LogP contribution is -2.68. The van der Waals surface area contributed by atoms with E-state index in [9.17, 15) is 15.0 Å². The van der Waals surface area contributed by atoms with E-state index in [1.165, 1.54) is 11.9 Å². The highest BCUT2D eigenvalue weighted by Gasteiger charge is 2.51. The smallest absolute Gasteiger partial charge is 0.407 e. The summed E-state index contributed by atoms with van der Waals surface area (Å²) in [5.74, 6) is -0.426. The Kier molecular flexibility index (Phi) is 8.01. The van der Waals surface area contributed by atoms with Gasteiger partial charge in [-0.25, -0.2) is 4.79 Å². The molecule has 0 spiro atoms. The minimum atomic E-state index is -2.84. The first-order chi connectivity index (χ1) is 14.2. The van der Waals surface area contributed by atoms with E-state index in [0.717, 1.165) is 10.4 Å². The molecular formula is C24H33NO4Si. The molecule has 2 atom stereocenters. The summed E-state index contributed by atoms with van der Waals surface area (Å²) in [5, 5.41) is 21.4. The maximum absolute atomic E-state index is 11.3. The zero-order valence-electron chi connectivity index (χ0n) is 18.3. The van der Waals surface area contributed by atoms with Crippen LogP contribution in [0.4, 0.5) is 4.79 Å². The van der Waals surface area contributed by atoms with Crippen LogP contribution in [0.3, 0.4) is 0 Å². The Hall–Kier alpha value is -2.41. The molecule has 6 heteroatoms. The van der Waals surface area contributed by atoms with Crippen LogP contribution in [0.5, 0.6) is 0 Å². The van der Waals surface area contributed by atoms with Crippen molar-refractivity contribution in [3.8, 4) is 0 Å². The number of nitrogens with zero attached hydrogens (tertiary/aromatic N) is 1. The minimum absolute atomic E-state index is 0.153. The molecule has 5 nitrogen and oxygen atoms in total. The molecule has 0 heterocycles. The Morgan fingerprint density at radius 2 is 1.57 bits per heavy atom. The number of aliphatic hydroxyl groups excluding tert-OH is 1. The highest BCUT2D eigenvalue weighted by Crippen LogP contribution is 2.38. The van der Waals surface area contributed by atoms with Crippen molar-refractivity contribution >= 4 is 24.8 Å². The SMILES string of the molecule is C=C[C@H](O[Si](c1ccccc1)(c1ccccc1)C(C)(C)C)[C@H](CO)CN(C)C(=O)O. The minimum Gasteiger partial charge on any atom is -0.465 e. The van der Waals surface area contributed by atoms with Gasteiger partial charge in [0, 0.05) is 19.5 Å². The highest BCUT2D eigenvalue weighted by molar-refractivity contribution is 6.99. The van der Waals surface area contributed by atoms with Crippen LogP contribution in [0, 0.1) is 5.92 Å². The third kappa shape index (κ3) is 5.01. The van der Waals surface area contributed by atoms with E-state index >= 15 is 0 Å². The van der Waals surface area contributed by atoms with Crippen LogP contribution in [-0.2, 0) is 4.43 Å². The number of carbonyl (C=O) groups is 1. The van der Waals surface area contributed by atoms with Crippen LogP contribution in [-0.4, -0.2) is 55.8 Å². The lowest BCUT2D eigenvalue weighted by Gasteiger charge is -2.46. The van der Waals surface area contributed by atoms with Gasteiger partial charge in [0.2, 0.25) is 0 Å². The van der Waals surface area contributed by atoms with Crippen molar-refractivity contribution in [2.45, 2.75) is 31.9 Å². The normalized spacial score (nSPS) is 14.0. The van der Waals surface area contributed by atoms with E-state index in [2.05, 4.69) is 51.6 Å². The maximum atomic E-state index is 11.3. The van der Waals surface area contributed by atoms with Gasteiger partial charge in [-0.3, -0.25) is 0 Å². The zero-order valence-corrected chi connectivity index (χ0v) is 19.3. The lowest BCUT2D eigenvalue weighted by molar-refractivity contribution is 0.0819. The van der Waals surface area contributed by atoms with Crippen LogP contribution < -0.4 is 10.4 Å². The Balaban J connectivity index is 2.61. The number of rotatable bonds is 9. The van der Waals surface area contributed by atoms with E-state index in [4.69, 9.17) is 4.43 Å². The molecule has 0 aliphatic heterocycles. The number of carboxylic acid groups (broad SMARTS) is 1. The molecule has 2 aromatic carbocycles. The summed E-state index contributed by atoms with van der Waals surface area (Å²) in [7, 11) is -1.34. The van der Waals surface area contributed by atoms with Gasteiger partial charge in [-0.05, 0) is 15.4 Å². The average Bonchev–Trinajstić information content (AvgIpc) is 2.73. The fraction of sp³-hybridized carbons (Fsp3) is 0.375. The van der Waals surface area contributed by atoms with Crippen LogP contribution in [0.2, 0.25) is 5.04 Å². The molecule has 0 aliphatic carbocycles. The second kappa shape index (κ2) is 10.1. The Bertz CT molecular complexity index is 781.